The van der Waals surface area contributed by atoms with Gasteiger partial charge in [-0.3, -0.25) is 4.79 Å². The third-order valence-electron chi connectivity index (χ3n) is 1.23. The Morgan fingerprint density at radius 1 is 1.15 bits per heavy atom. The summed E-state index contributed by atoms with van der Waals surface area (Å²) in [6, 6.07) is 0. The van der Waals surface area contributed by atoms with Crippen LogP contribution in [0.15, 0.2) is 0 Å². The molecule has 0 saturated heterocycles. The fourth-order valence-corrected chi connectivity index (χ4v) is 0.542. The number of Topliss-reactive ketones (excluding diaryl/α,β-unsaturated/α-hetero) is 1. The molecule has 0 fully saturated rings. The van der Waals surface area contributed by atoms with E-state index in [0.29, 0.717) is 0 Å². The van der Waals surface area contributed by atoms with Crippen molar-refractivity contribution in [3.8, 4) is 0 Å². The Balaban J connectivity index is 4.15. The van der Waals surface area contributed by atoms with Gasteiger partial charge in [-0.25, -0.2) is 0 Å². The van der Waals surface area contributed by atoms with Crippen LogP contribution in [-0.4, -0.2) is 40.1 Å². The lowest BCUT2D eigenvalue weighted by Crippen LogP contribution is -2.45. The fourth-order valence-electron chi connectivity index (χ4n) is 0.542. The predicted molar refractivity (Wildman–Crippen MR) is 31.7 cm³/mol. The number of hydrogen-bond donors (Lipinski definition) is 2. The third kappa shape index (κ3) is 3.63. The molecule has 74 valence electrons. The molecule has 0 bridgehead atoms. The number of carbonyl (C=O) groups is 3. The Morgan fingerprint density at radius 2 is 1.62 bits per heavy atom. The van der Waals surface area contributed by atoms with E-state index >= 15 is 0 Å². The number of hydrogen-bond acceptors (Lipinski definition) is 7. The van der Waals surface area contributed by atoms with E-state index in [2.05, 4.69) is 0 Å². The van der Waals surface area contributed by atoms with Crippen molar-refractivity contribution in [2.24, 2.45) is 0 Å². The Hall–Kier alpha value is -1.47. The van der Waals surface area contributed by atoms with Crippen molar-refractivity contribution in [1.29, 1.82) is 0 Å². The summed E-state index contributed by atoms with van der Waals surface area (Å²) < 4.78 is 0. The molecular weight excluding hydrogens is 184 g/mol. The minimum Gasteiger partial charge on any atom is -0.547 e. The van der Waals surface area contributed by atoms with Crippen LogP contribution in [-0.2, 0) is 14.4 Å². The molecule has 0 rings (SSSR count). The topological polar surface area (TPSA) is 138 Å². The molecule has 0 aliphatic rings. The maximum atomic E-state index is 10.3. The van der Waals surface area contributed by atoms with Gasteiger partial charge in [0, 0.05) is 6.42 Å². The van der Waals surface area contributed by atoms with Crippen LogP contribution in [0.1, 0.15) is 6.42 Å². The van der Waals surface area contributed by atoms with Crippen LogP contribution < -0.4 is 10.2 Å². The first-order chi connectivity index (χ1) is 5.86. The average molecular weight is 190 g/mol. The van der Waals surface area contributed by atoms with E-state index in [9.17, 15) is 24.6 Å². The largest absolute Gasteiger partial charge is 0.547 e. The SMILES string of the molecule is O=C([O-])C(=O)C[C@H](O)[C@@H](O)C(=O)[O-]. The summed E-state index contributed by atoms with van der Waals surface area (Å²) in [5, 5.41) is 37.0. The van der Waals surface area contributed by atoms with Crippen LogP contribution in [0, 0.1) is 0 Å². The van der Waals surface area contributed by atoms with Gasteiger partial charge < -0.3 is 30.0 Å². The van der Waals surface area contributed by atoms with Crippen molar-refractivity contribution in [1.82, 2.24) is 0 Å². The Morgan fingerprint density at radius 3 is 1.92 bits per heavy atom. The van der Waals surface area contributed by atoms with E-state index in [-0.39, 0.29) is 0 Å². The predicted octanol–water partition coefficient (Wildman–Crippen LogP) is -4.83. The Labute approximate surface area is 72.2 Å². The summed E-state index contributed by atoms with van der Waals surface area (Å²) in [5.41, 5.74) is 0. The van der Waals surface area contributed by atoms with Crippen molar-refractivity contribution in [2.75, 3.05) is 0 Å². The zero-order chi connectivity index (χ0) is 10.6. The lowest BCUT2D eigenvalue weighted by Gasteiger charge is -2.17. The van der Waals surface area contributed by atoms with Gasteiger partial charge in [0.15, 0.2) is 5.78 Å². The van der Waals surface area contributed by atoms with Crippen LogP contribution in [0.5, 0.6) is 0 Å². The van der Waals surface area contributed by atoms with E-state index in [1.165, 1.54) is 0 Å². The Kier molecular flexibility index (Phi) is 4.02. The van der Waals surface area contributed by atoms with E-state index < -0.39 is 36.4 Å². The van der Waals surface area contributed by atoms with Gasteiger partial charge in [-0.15, -0.1) is 0 Å². The highest BCUT2D eigenvalue weighted by atomic mass is 16.4. The maximum Gasteiger partial charge on any atom is 0.180 e. The van der Waals surface area contributed by atoms with Gasteiger partial charge in [0.25, 0.3) is 0 Å². The molecule has 13 heavy (non-hydrogen) atoms. The van der Waals surface area contributed by atoms with E-state index in [0.717, 1.165) is 0 Å². The molecule has 0 aliphatic heterocycles. The summed E-state index contributed by atoms with van der Waals surface area (Å²) in [6.45, 7) is 0. The van der Waals surface area contributed by atoms with Crippen molar-refractivity contribution in [2.45, 2.75) is 18.6 Å². The number of aliphatic carboxylic acids is 2. The summed E-state index contributed by atoms with van der Waals surface area (Å²) in [4.78, 5) is 30.0. The molecule has 0 amide bonds. The molecular formula is C6H6O7-2. The van der Waals surface area contributed by atoms with Crippen molar-refractivity contribution < 1.29 is 34.8 Å². The molecule has 2 atom stereocenters. The van der Waals surface area contributed by atoms with Gasteiger partial charge >= 0.3 is 0 Å². The normalized spacial score (nSPS) is 14.6. The van der Waals surface area contributed by atoms with Gasteiger partial charge in [-0.2, -0.15) is 0 Å². The molecule has 7 nitrogen and oxygen atoms in total. The van der Waals surface area contributed by atoms with Crippen molar-refractivity contribution in [3.63, 3.8) is 0 Å². The van der Waals surface area contributed by atoms with E-state index in [1.807, 2.05) is 0 Å². The van der Waals surface area contributed by atoms with E-state index in [4.69, 9.17) is 10.2 Å². The monoisotopic (exact) mass is 190 g/mol. The summed E-state index contributed by atoms with van der Waals surface area (Å²) in [5.74, 6) is -5.53. The molecule has 0 unspecified atom stereocenters. The van der Waals surface area contributed by atoms with Gasteiger partial charge in [-0.05, 0) is 0 Å². The van der Waals surface area contributed by atoms with Gasteiger partial charge in [0.05, 0.1) is 12.1 Å². The zero-order valence-corrected chi connectivity index (χ0v) is 6.30. The van der Waals surface area contributed by atoms with Gasteiger partial charge in [0.1, 0.15) is 12.1 Å². The van der Waals surface area contributed by atoms with Crippen LogP contribution in [0.3, 0.4) is 0 Å². The first-order valence-electron chi connectivity index (χ1n) is 3.17. The first kappa shape index (κ1) is 11.5. The minimum atomic E-state index is -2.29. The fraction of sp³-hybridized carbons (Fsp3) is 0.500. The zero-order valence-electron chi connectivity index (χ0n) is 6.30. The van der Waals surface area contributed by atoms with Crippen LogP contribution in [0.2, 0.25) is 0 Å². The number of aliphatic hydroxyl groups excluding tert-OH is 2. The van der Waals surface area contributed by atoms with Crippen LogP contribution in [0.25, 0.3) is 0 Å². The molecule has 0 aromatic rings. The molecule has 0 saturated carbocycles. The maximum absolute atomic E-state index is 10.3. The average Bonchev–Trinajstić information content (AvgIpc) is 2.02. The molecule has 0 radical (unpaired) electrons. The highest BCUT2D eigenvalue weighted by Crippen LogP contribution is 1.98. The molecule has 0 aromatic carbocycles. The second-order valence-electron chi connectivity index (χ2n) is 2.25. The minimum absolute atomic E-state index is 1.03. The van der Waals surface area contributed by atoms with Crippen LogP contribution >= 0.6 is 0 Å². The highest BCUT2D eigenvalue weighted by Gasteiger charge is 2.20. The summed E-state index contributed by atoms with van der Waals surface area (Å²) in [7, 11) is 0. The highest BCUT2D eigenvalue weighted by molar-refractivity contribution is 6.31. The molecule has 0 aliphatic carbocycles. The lowest BCUT2D eigenvalue weighted by molar-refractivity contribution is -0.318. The molecule has 7 heteroatoms. The molecule has 0 spiro atoms. The number of carbonyl (C=O) groups excluding carboxylic acids is 3. The number of ketones is 1. The second kappa shape index (κ2) is 4.53. The standard InChI is InChI=1S/C6H8O7/c7-2(4(9)6(12)13)1-3(8)5(10)11/h2,4,7,9H,1H2,(H,10,11)(H,12,13)/p-2/t2-,4+/m0/s1. The number of carboxylic acid groups (broad SMARTS) is 2. The second-order valence-corrected chi connectivity index (χ2v) is 2.25. The summed E-state index contributed by atoms with van der Waals surface area (Å²) >= 11 is 0. The number of carboxylic acids is 2. The van der Waals surface area contributed by atoms with E-state index in [1.54, 1.807) is 0 Å². The first-order valence-corrected chi connectivity index (χ1v) is 3.17. The third-order valence-corrected chi connectivity index (χ3v) is 1.23. The van der Waals surface area contributed by atoms with Crippen LogP contribution in [0.4, 0.5) is 0 Å². The number of rotatable bonds is 5. The smallest absolute Gasteiger partial charge is 0.180 e. The molecule has 0 heterocycles. The summed E-state index contributed by atoms with van der Waals surface area (Å²) in [6.07, 6.45) is -5.32. The van der Waals surface area contributed by atoms with Gasteiger partial charge in [0.2, 0.25) is 0 Å². The van der Waals surface area contributed by atoms with Crippen molar-refractivity contribution in [3.05, 3.63) is 0 Å². The lowest BCUT2D eigenvalue weighted by atomic mass is 10.1. The molecule has 2 N–H and O–H groups in total. The Bertz CT molecular complexity index is 233. The van der Waals surface area contributed by atoms with Crippen molar-refractivity contribution >= 4 is 17.7 Å². The van der Waals surface area contributed by atoms with Gasteiger partial charge in [-0.1, -0.05) is 0 Å². The number of aliphatic hydroxyl groups is 2. The molecule has 0 aromatic heterocycles. The quantitative estimate of drug-likeness (QED) is 0.414.